The van der Waals surface area contributed by atoms with Crippen molar-refractivity contribution in [2.75, 3.05) is 13.2 Å². The maximum Gasteiger partial charge on any atom is 0.341 e. The highest BCUT2D eigenvalue weighted by atomic mass is 35.5. The molecule has 0 radical (unpaired) electrons. The van der Waals surface area contributed by atoms with Crippen molar-refractivity contribution in [2.24, 2.45) is 5.73 Å². The number of rotatable bonds is 5. The lowest BCUT2D eigenvalue weighted by atomic mass is 10.2. The van der Waals surface area contributed by atoms with Crippen LogP contribution in [0, 0.1) is 0 Å². The molecule has 0 bridgehead atoms. The van der Waals surface area contributed by atoms with E-state index in [-0.39, 0.29) is 23.9 Å². The van der Waals surface area contributed by atoms with Crippen molar-refractivity contribution < 1.29 is 14.3 Å². The molecule has 4 nitrogen and oxygen atoms in total. The molecular weight excluding hydrogens is 254 g/mol. The smallest absolute Gasteiger partial charge is 0.341 e. The summed E-state index contributed by atoms with van der Waals surface area (Å²) in [6, 6.07) is 7.07. The quantitative estimate of drug-likeness (QED) is 0.834. The molecule has 0 amide bonds. The van der Waals surface area contributed by atoms with Gasteiger partial charge in [0.15, 0.2) is 0 Å². The van der Waals surface area contributed by atoms with Crippen LogP contribution in [0.5, 0.6) is 5.75 Å². The lowest BCUT2D eigenvalue weighted by molar-refractivity contribution is 0.0521. The minimum absolute atomic E-state index is 0. The Bertz CT molecular complexity index is 418. The molecule has 1 aromatic rings. The first-order valence-electron chi connectivity index (χ1n) is 5.82. The molecule has 0 aromatic heterocycles. The topological polar surface area (TPSA) is 61.5 Å². The van der Waals surface area contributed by atoms with Crippen LogP contribution >= 0.6 is 12.4 Å². The molecule has 100 valence electrons. The van der Waals surface area contributed by atoms with Gasteiger partial charge >= 0.3 is 5.97 Å². The van der Waals surface area contributed by atoms with Crippen LogP contribution in [0.4, 0.5) is 0 Å². The number of benzene rings is 1. The molecule has 0 unspecified atom stereocenters. The van der Waals surface area contributed by atoms with Gasteiger partial charge in [-0.25, -0.2) is 4.79 Å². The third-order valence-electron chi connectivity index (χ3n) is 2.79. The van der Waals surface area contributed by atoms with E-state index in [1.54, 1.807) is 25.1 Å². The van der Waals surface area contributed by atoms with Gasteiger partial charge in [-0.15, -0.1) is 12.4 Å². The van der Waals surface area contributed by atoms with Gasteiger partial charge in [-0.3, -0.25) is 0 Å². The minimum Gasteiger partial charge on any atom is -0.491 e. The predicted molar refractivity (Wildman–Crippen MR) is 71.3 cm³/mol. The largest absolute Gasteiger partial charge is 0.491 e. The molecule has 2 N–H and O–H groups in total. The number of esters is 1. The van der Waals surface area contributed by atoms with Crippen LogP contribution in [0.3, 0.4) is 0 Å². The van der Waals surface area contributed by atoms with Crippen molar-refractivity contribution in [3.63, 3.8) is 0 Å². The second kappa shape index (κ2) is 6.07. The fourth-order valence-electron chi connectivity index (χ4n) is 1.50. The van der Waals surface area contributed by atoms with E-state index in [1.165, 1.54) is 0 Å². The fourth-order valence-corrected chi connectivity index (χ4v) is 1.50. The van der Waals surface area contributed by atoms with Crippen molar-refractivity contribution >= 4 is 18.4 Å². The van der Waals surface area contributed by atoms with Gasteiger partial charge in [0.05, 0.1) is 12.1 Å². The number of carbonyl (C=O) groups is 1. The van der Waals surface area contributed by atoms with E-state index in [2.05, 4.69) is 0 Å². The molecule has 1 saturated carbocycles. The van der Waals surface area contributed by atoms with Crippen molar-refractivity contribution in [1.29, 1.82) is 0 Å². The minimum atomic E-state index is -0.357. The lowest BCUT2D eigenvalue weighted by Crippen LogP contribution is -2.30. The van der Waals surface area contributed by atoms with Gasteiger partial charge in [0.25, 0.3) is 0 Å². The Morgan fingerprint density at radius 2 is 2.06 bits per heavy atom. The molecule has 0 heterocycles. The summed E-state index contributed by atoms with van der Waals surface area (Å²) < 4.78 is 10.6. The van der Waals surface area contributed by atoms with E-state index in [4.69, 9.17) is 15.2 Å². The summed E-state index contributed by atoms with van der Waals surface area (Å²) in [5.74, 6) is 0.188. The first kappa shape index (κ1) is 14.8. The summed E-state index contributed by atoms with van der Waals surface area (Å²) in [7, 11) is 0. The highest BCUT2D eigenvalue weighted by Crippen LogP contribution is 2.33. The third kappa shape index (κ3) is 3.62. The summed E-state index contributed by atoms with van der Waals surface area (Å²) in [4.78, 5) is 11.7. The average Bonchev–Trinajstić information content (AvgIpc) is 3.06. The van der Waals surface area contributed by atoms with E-state index < -0.39 is 0 Å². The standard InChI is InChI=1S/C13H17NO3.ClH/c1-2-16-12(15)10-5-3-4-6-11(10)17-9-13(14)7-8-13;/h3-6H,2,7-9,14H2,1H3;1H. The van der Waals surface area contributed by atoms with E-state index >= 15 is 0 Å². The van der Waals surface area contributed by atoms with Crippen molar-refractivity contribution in [2.45, 2.75) is 25.3 Å². The van der Waals surface area contributed by atoms with Crippen molar-refractivity contribution in [3.8, 4) is 5.75 Å². The van der Waals surface area contributed by atoms with E-state index in [9.17, 15) is 4.79 Å². The molecule has 1 aliphatic carbocycles. The summed E-state index contributed by atoms with van der Waals surface area (Å²) in [6.07, 6.45) is 1.96. The number of hydrogen-bond donors (Lipinski definition) is 1. The molecule has 0 spiro atoms. The van der Waals surface area contributed by atoms with Crippen LogP contribution in [0.2, 0.25) is 0 Å². The van der Waals surface area contributed by atoms with Gasteiger partial charge in [0.1, 0.15) is 17.9 Å². The Balaban J connectivity index is 0.00000162. The molecule has 0 aliphatic heterocycles. The zero-order valence-electron chi connectivity index (χ0n) is 10.3. The maximum atomic E-state index is 11.7. The second-order valence-electron chi connectivity index (χ2n) is 4.37. The molecule has 1 fully saturated rings. The Morgan fingerprint density at radius 1 is 1.39 bits per heavy atom. The van der Waals surface area contributed by atoms with Crippen LogP contribution in [0.25, 0.3) is 0 Å². The van der Waals surface area contributed by atoms with Crippen LogP contribution in [0.1, 0.15) is 30.1 Å². The Hall–Kier alpha value is -1.26. The summed E-state index contributed by atoms with van der Waals surface area (Å²) >= 11 is 0. The first-order chi connectivity index (χ1) is 8.14. The number of carbonyl (C=O) groups excluding carboxylic acids is 1. The number of para-hydroxylation sites is 1. The van der Waals surface area contributed by atoms with Crippen molar-refractivity contribution in [3.05, 3.63) is 29.8 Å². The molecule has 0 atom stereocenters. The van der Waals surface area contributed by atoms with Gasteiger partial charge in [-0.1, -0.05) is 12.1 Å². The van der Waals surface area contributed by atoms with Crippen LogP contribution in [-0.2, 0) is 4.74 Å². The van der Waals surface area contributed by atoms with Crippen LogP contribution < -0.4 is 10.5 Å². The van der Waals surface area contributed by atoms with Gasteiger partial charge in [-0.2, -0.15) is 0 Å². The molecule has 18 heavy (non-hydrogen) atoms. The normalized spacial score (nSPS) is 15.4. The zero-order valence-corrected chi connectivity index (χ0v) is 11.2. The van der Waals surface area contributed by atoms with Gasteiger partial charge < -0.3 is 15.2 Å². The van der Waals surface area contributed by atoms with Crippen LogP contribution in [-0.4, -0.2) is 24.7 Å². The number of nitrogens with two attached hydrogens (primary N) is 1. The average molecular weight is 272 g/mol. The molecule has 2 rings (SSSR count). The van der Waals surface area contributed by atoms with Crippen LogP contribution in [0.15, 0.2) is 24.3 Å². The second-order valence-corrected chi connectivity index (χ2v) is 4.37. The molecule has 5 heteroatoms. The lowest BCUT2D eigenvalue weighted by Gasteiger charge is -2.13. The van der Waals surface area contributed by atoms with Gasteiger partial charge in [-0.05, 0) is 31.9 Å². The Labute approximate surface area is 113 Å². The number of ether oxygens (including phenoxy) is 2. The highest BCUT2D eigenvalue weighted by molar-refractivity contribution is 5.92. The van der Waals surface area contributed by atoms with E-state index in [0.29, 0.717) is 24.5 Å². The van der Waals surface area contributed by atoms with Gasteiger partial charge in [0.2, 0.25) is 0 Å². The Morgan fingerprint density at radius 3 is 2.67 bits per heavy atom. The number of hydrogen-bond acceptors (Lipinski definition) is 4. The van der Waals surface area contributed by atoms with Gasteiger partial charge in [0, 0.05) is 0 Å². The fraction of sp³-hybridized carbons (Fsp3) is 0.462. The number of halogens is 1. The monoisotopic (exact) mass is 271 g/mol. The molecule has 1 aliphatic rings. The van der Waals surface area contributed by atoms with E-state index in [1.807, 2.05) is 6.07 Å². The predicted octanol–water partition coefficient (Wildman–Crippen LogP) is 2.16. The zero-order chi connectivity index (χ0) is 12.3. The van der Waals surface area contributed by atoms with Crippen molar-refractivity contribution in [1.82, 2.24) is 0 Å². The maximum absolute atomic E-state index is 11.7. The summed E-state index contributed by atoms with van der Waals surface area (Å²) in [6.45, 7) is 2.58. The first-order valence-corrected chi connectivity index (χ1v) is 5.82. The van der Waals surface area contributed by atoms with E-state index in [0.717, 1.165) is 12.8 Å². The summed E-state index contributed by atoms with van der Waals surface area (Å²) in [5, 5.41) is 0. The SMILES string of the molecule is CCOC(=O)c1ccccc1OCC1(N)CC1.Cl. The third-order valence-corrected chi connectivity index (χ3v) is 2.79. The molecular formula is C13H18ClNO3. The molecule has 1 aromatic carbocycles. The summed E-state index contributed by atoms with van der Waals surface area (Å²) in [5.41, 5.74) is 6.20. The highest BCUT2D eigenvalue weighted by Gasteiger charge is 2.39. The Kier molecular flexibility index (Phi) is 4.99. The molecule has 0 saturated heterocycles.